The number of hydrogen-bond acceptors (Lipinski definition) is 6. The first-order chi connectivity index (χ1) is 10.0. The van der Waals surface area contributed by atoms with Gasteiger partial charge in [-0.05, 0) is 6.92 Å². The molecule has 21 heavy (non-hydrogen) atoms. The SMILES string of the molecule is CCOC(=O)c1cc(C=O)nn1CC(=O)c1cnn(C)c1. The van der Waals surface area contributed by atoms with Gasteiger partial charge in [0.1, 0.15) is 17.9 Å². The summed E-state index contributed by atoms with van der Waals surface area (Å²) < 4.78 is 7.54. The molecule has 0 saturated heterocycles. The molecule has 0 aromatic carbocycles. The second-order valence-electron chi connectivity index (χ2n) is 4.28. The third kappa shape index (κ3) is 3.22. The van der Waals surface area contributed by atoms with Crippen molar-refractivity contribution in [3.8, 4) is 0 Å². The predicted molar refractivity (Wildman–Crippen MR) is 71.1 cm³/mol. The Morgan fingerprint density at radius 2 is 2.19 bits per heavy atom. The minimum absolute atomic E-state index is 0.0659. The van der Waals surface area contributed by atoms with Crippen LogP contribution in [0.1, 0.15) is 38.3 Å². The second-order valence-corrected chi connectivity index (χ2v) is 4.28. The molecular weight excluding hydrogens is 276 g/mol. The maximum absolute atomic E-state index is 12.1. The van der Waals surface area contributed by atoms with Gasteiger partial charge in [0.25, 0.3) is 0 Å². The van der Waals surface area contributed by atoms with E-state index in [1.807, 2.05) is 0 Å². The first-order valence-electron chi connectivity index (χ1n) is 6.27. The Balaban J connectivity index is 2.26. The summed E-state index contributed by atoms with van der Waals surface area (Å²) in [5.41, 5.74) is 0.531. The van der Waals surface area contributed by atoms with Crippen molar-refractivity contribution in [3.63, 3.8) is 0 Å². The van der Waals surface area contributed by atoms with E-state index in [-0.39, 0.29) is 30.3 Å². The number of aryl methyl sites for hydroxylation is 1. The Labute approximate surface area is 120 Å². The fourth-order valence-corrected chi connectivity index (χ4v) is 1.78. The quantitative estimate of drug-likeness (QED) is 0.436. The highest BCUT2D eigenvalue weighted by Gasteiger charge is 2.19. The van der Waals surface area contributed by atoms with Crippen LogP contribution in [-0.2, 0) is 18.3 Å². The average Bonchev–Trinajstić information content (AvgIpc) is 3.05. The Morgan fingerprint density at radius 1 is 1.43 bits per heavy atom. The fourth-order valence-electron chi connectivity index (χ4n) is 1.78. The third-order valence-electron chi connectivity index (χ3n) is 2.72. The van der Waals surface area contributed by atoms with Crippen LogP contribution in [0.2, 0.25) is 0 Å². The number of carbonyl (C=O) groups excluding carboxylic acids is 3. The van der Waals surface area contributed by atoms with E-state index in [9.17, 15) is 14.4 Å². The van der Waals surface area contributed by atoms with Gasteiger partial charge in [0, 0.05) is 19.3 Å². The summed E-state index contributed by atoms with van der Waals surface area (Å²) in [6, 6.07) is 1.29. The van der Waals surface area contributed by atoms with E-state index in [2.05, 4.69) is 10.2 Å². The molecule has 0 bridgehead atoms. The van der Waals surface area contributed by atoms with Gasteiger partial charge >= 0.3 is 5.97 Å². The molecule has 0 aliphatic rings. The van der Waals surface area contributed by atoms with Crippen LogP contribution in [0.25, 0.3) is 0 Å². The largest absolute Gasteiger partial charge is 0.461 e. The van der Waals surface area contributed by atoms with Crippen LogP contribution in [0.3, 0.4) is 0 Å². The van der Waals surface area contributed by atoms with Gasteiger partial charge in [0.05, 0.1) is 18.4 Å². The maximum atomic E-state index is 12.1. The van der Waals surface area contributed by atoms with E-state index in [0.29, 0.717) is 11.8 Å². The van der Waals surface area contributed by atoms with Crippen LogP contribution >= 0.6 is 0 Å². The lowest BCUT2D eigenvalue weighted by molar-refractivity contribution is 0.0512. The van der Waals surface area contributed by atoms with Gasteiger partial charge in [-0.25, -0.2) is 9.48 Å². The smallest absolute Gasteiger partial charge is 0.356 e. The van der Waals surface area contributed by atoms with Gasteiger partial charge in [0.15, 0.2) is 12.1 Å². The molecule has 0 fully saturated rings. The number of carbonyl (C=O) groups is 3. The summed E-state index contributed by atoms with van der Waals surface area (Å²) in [4.78, 5) is 34.7. The van der Waals surface area contributed by atoms with Gasteiger partial charge < -0.3 is 4.74 Å². The zero-order chi connectivity index (χ0) is 15.4. The summed E-state index contributed by atoms with van der Waals surface area (Å²) >= 11 is 0. The summed E-state index contributed by atoms with van der Waals surface area (Å²) in [6.07, 6.45) is 3.50. The predicted octanol–water partition coefficient (Wildman–Crippen LogP) is 0.489. The zero-order valence-corrected chi connectivity index (χ0v) is 11.6. The van der Waals surface area contributed by atoms with Crippen molar-refractivity contribution in [2.24, 2.45) is 7.05 Å². The number of esters is 1. The number of nitrogens with zero attached hydrogens (tertiary/aromatic N) is 4. The van der Waals surface area contributed by atoms with Crippen molar-refractivity contribution in [3.05, 3.63) is 35.4 Å². The Kier molecular flexibility index (Phi) is 4.27. The van der Waals surface area contributed by atoms with Crippen LogP contribution in [0.4, 0.5) is 0 Å². The molecular formula is C13H14N4O4. The highest BCUT2D eigenvalue weighted by atomic mass is 16.5. The van der Waals surface area contributed by atoms with Crippen molar-refractivity contribution in [1.82, 2.24) is 19.6 Å². The van der Waals surface area contributed by atoms with Gasteiger partial charge in [-0.2, -0.15) is 10.2 Å². The molecule has 0 amide bonds. The first-order valence-corrected chi connectivity index (χ1v) is 6.27. The Hall–Kier alpha value is -2.77. The Bertz CT molecular complexity index is 686. The molecule has 0 aliphatic heterocycles. The molecule has 0 aliphatic carbocycles. The lowest BCUT2D eigenvalue weighted by atomic mass is 10.2. The number of ether oxygens (including phenoxy) is 1. The maximum Gasteiger partial charge on any atom is 0.356 e. The lowest BCUT2D eigenvalue weighted by Crippen LogP contribution is -2.18. The summed E-state index contributed by atoms with van der Waals surface area (Å²) in [5.74, 6) is -0.897. The van der Waals surface area contributed by atoms with Crippen molar-refractivity contribution < 1.29 is 19.1 Å². The number of rotatable bonds is 6. The van der Waals surface area contributed by atoms with Gasteiger partial charge in [-0.15, -0.1) is 0 Å². The van der Waals surface area contributed by atoms with Gasteiger partial charge in [0.2, 0.25) is 0 Å². The molecule has 0 N–H and O–H groups in total. The van der Waals surface area contributed by atoms with Crippen LogP contribution in [-0.4, -0.2) is 44.2 Å². The molecule has 2 aromatic heterocycles. The van der Waals surface area contributed by atoms with Crippen molar-refractivity contribution in [1.29, 1.82) is 0 Å². The Morgan fingerprint density at radius 3 is 2.76 bits per heavy atom. The third-order valence-corrected chi connectivity index (χ3v) is 2.72. The average molecular weight is 290 g/mol. The summed E-state index contributed by atoms with van der Waals surface area (Å²) in [7, 11) is 1.69. The molecule has 8 nitrogen and oxygen atoms in total. The van der Waals surface area contributed by atoms with Crippen LogP contribution < -0.4 is 0 Å². The van der Waals surface area contributed by atoms with E-state index in [1.54, 1.807) is 20.2 Å². The zero-order valence-electron chi connectivity index (χ0n) is 11.6. The van der Waals surface area contributed by atoms with Gasteiger partial charge in [-0.1, -0.05) is 0 Å². The minimum Gasteiger partial charge on any atom is -0.461 e. The molecule has 2 rings (SSSR count). The van der Waals surface area contributed by atoms with Crippen molar-refractivity contribution in [2.75, 3.05) is 6.61 Å². The van der Waals surface area contributed by atoms with Crippen LogP contribution in [0.5, 0.6) is 0 Å². The molecule has 110 valence electrons. The summed E-state index contributed by atoms with van der Waals surface area (Å²) in [5, 5.41) is 7.81. The number of hydrogen-bond donors (Lipinski definition) is 0. The standard InChI is InChI=1S/C13H14N4O4/c1-3-21-13(20)11-4-10(8-18)15-17(11)7-12(19)9-5-14-16(2)6-9/h4-6,8H,3,7H2,1-2H3. The lowest BCUT2D eigenvalue weighted by Gasteiger charge is -2.05. The molecule has 2 heterocycles. The molecule has 0 unspecified atom stereocenters. The first kappa shape index (κ1) is 14.6. The van der Waals surface area contributed by atoms with E-state index in [0.717, 1.165) is 4.68 Å². The molecule has 0 radical (unpaired) electrons. The van der Waals surface area contributed by atoms with Crippen molar-refractivity contribution >= 4 is 18.0 Å². The highest BCUT2D eigenvalue weighted by Crippen LogP contribution is 2.08. The number of aromatic nitrogens is 4. The number of ketones is 1. The van der Waals surface area contributed by atoms with E-state index >= 15 is 0 Å². The van der Waals surface area contributed by atoms with E-state index < -0.39 is 5.97 Å². The fraction of sp³-hybridized carbons (Fsp3) is 0.308. The molecule has 0 spiro atoms. The normalized spacial score (nSPS) is 10.4. The molecule has 0 saturated carbocycles. The van der Waals surface area contributed by atoms with E-state index in [4.69, 9.17) is 4.74 Å². The highest BCUT2D eigenvalue weighted by molar-refractivity contribution is 5.96. The molecule has 2 aromatic rings. The topological polar surface area (TPSA) is 96.1 Å². The van der Waals surface area contributed by atoms with Crippen LogP contribution in [0, 0.1) is 0 Å². The number of Topliss-reactive ketones (excluding diaryl/α,β-unsaturated/α-hetero) is 1. The van der Waals surface area contributed by atoms with Crippen molar-refractivity contribution in [2.45, 2.75) is 13.5 Å². The monoisotopic (exact) mass is 290 g/mol. The molecule has 8 heteroatoms. The molecule has 0 atom stereocenters. The summed E-state index contributed by atoms with van der Waals surface area (Å²) in [6.45, 7) is 1.69. The van der Waals surface area contributed by atoms with Crippen LogP contribution in [0.15, 0.2) is 18.5 Å². The second kappa shape index (κ2) is 6.12. The van der Waals surface area contributed by atoms with E-state index in [1.165, 1.54) is 16.9 Å². The minimum atomic E-state index is -0.628. The number of aldehydes is 1. The van der Waals surface area contributed by atoms with Gasteiger partial charge in [-0.3, -0.25) is 14.3 Å².